The molecule has 2 rings (SSSR count). The number of hydrogen-bond acceptors (Lipinski definition) is 4. The average Bonchev–Trinajstić information content (AvgIpc) is 2.82. The number of carbonyl (C=O) groups is 1. The number of pyridine rings is 1. The maximum atomic E-state index is 11.1. The van der Waals surface area contributed by atoms with Gasteiger partial charge in [0.1, 0.15) is 0 Å². The van der Waals surface area contributed by atoms with Gasteiger partial charge in [0.25, 0.3) is 0 Å². The molecule has 0 amide bonds. The highest BCUT2D eigenvalue weighted by molar-refractivity contribution is 5.88. The lowest BCUT2D eigenvalue weighted by molar-refractivity contribution is 0.0600. The predicted octanol–water partition coefficient (Wildman–Crippen LogP) is 1.05. The van der Waals surface area contributed by atoms with Gasteiger partial charge in [0, 0.05) is 18.6 Å². The third-order valence-electron chi connectivity index (χ3n) is 1.91. The first-order chi connectivity index (χ1) is 7.31. The molecule has 0 atom stereocenters. The Morgan fingerprint density at radius 1 is 1.47 bits per heavy atom. The van der Waals surface area contributed by atoms with Gasteiger partial charge >= 0.3 is 5.97 Å². The maximum absolute atomic E-state index is 11.1. The Labute approximate surface area is 86.3 Å². The molecule has 76 valence electrons. The van der Waals surface area contributed by atoms with Gasteiger partial charge in [0.05, 0.1) is 12.7 Å². The highest BCUT2D eigenvalue weighted by atomic mass is 16.5. The zero-order valence-corrected chi connectivity index (χ0v) is 8.12. The molecular weight excluding hydrogens is 194 g/mol. The Balaban J connectivity index is 2.29. The molecule has 2 heterocycles. The van der Waals surface area contributed by atoms with Gasteiger partial charge in [0.2, 0.25) is 0 Å². The van der Waals surface area contributed by atoms with E-state index in [-0.39, 0.29) is 0 Å². The number of carbonyl (C=O) groups excluding carboxylic acids is 1. The summed E-state index contributed by atoms with van der Waals surface area (Å²) in [5.74, 6) is 0.266. The van der Waals surface area contributed by atoms with Gasteiger partial charge in [-0.15, -0.1) is 0 Å². The number of aromatic nitrogens is 3. The van der Waals surface area contributed by atoms with Crippen molar-refractivity contribution in [3.05, 3.63) is 42.4 Å². The van der Waals surface area contributed by atoms with E-state index in [0.29, 0.717) is 11.4 Å². The van der Waals surface area contributed by atoms with Gasteiger partial charge in [-0.05, 0) is 18.2 Å². The van der Waals surface area contributed by atoms with Crippen LogP contribution >= 0.6 is 0 Å². The van der Waals surface area contributed by atoms with E-state index in [1.165, 1.54) is 13.3 Å². The van der Waals surface area contributed by atoms with Gasteiger partial charge in [-0.1, -0.05) is 0 Å². The maximum Gasteiger partial charge on any atom is 0.339 e. The standard InChI is InChI=1S/C10H9N3O2/c1-15-10(14)8-3-4-9(11-7-8)13-6-2-5-12-13/h2-7H,1H3. The Morgan fingerprint density at radius 2 is 2.33 bits per heavy atom. The molecule has 0 fully saturated rings. The van der Waals surface area contributed by atoms with Crippen LogP contribution in [0.1, 0.15) is 10.4 Å². The van der Waals surface area contributed by atoms with Crippen LogP contribution < -0.4 is 0 Å². The van der Waals surface area contributed by atoms with Crippen molar-refractivity contribution in [3.63, 3.8) is 0 Å². The van der Waals surface area contributed by atoms with E-state index in [9.17, 15) is 4.79 Å². The Morgan fingerprint density at radius 3 is 2.87 bits per heavy atom. The van der Waals surface area contributed by atoms with Gasteiger partial charge in [-0.25, -0.2) is 14.5 Å². The van der Waals surface area contributed by atoms with Gasteiger partial charge in [-0.2, -0.15) is 5.10 Å². The SMILES string of the molecule is COC(=O)c1ccc(-n2cccn2)nc1. The summed E-state index contributed by atoms with van der Waals surface area (Å²) in [6, 6.07) is 5.16. The quantitative estimate of drug-likeness (QED) is 0.684. The molecule has 2 aromatic rings. The van der Waals surface area contributed by atoms with E-state index in [2.05, 4.69) is 14.8 Å². The molecule has 5 heteroatoms. The monoisotopic (exact) mass is 203 g/mol. The Kier molecular flexibility index (Phi) is 2.45. The smallest absolute Gasteiger partial charge is 0.339 e. The first kappa shape index (κ1) is 9.39. The van der Waals surface area contributed by atoms with Crippen LogP contribution in [0.3, 0.4) is 0 Å². The average molecular weight is 203 g/mol. The van der Waals surface area contributed by atoms with Crippen molar-refractivity contribution in [1.29, 1.82) is 0 Å². The van der Waals surface area contributed by atoms with Crippen LogP contribution in [-0.2, 0) is 4.74 Å². The summed E-state index contributed by atoms with van der Waals surface area (Å²) in [6.07, 6.45) is 4.90. The second kappa shape index (κ2) is 3.91. The molecule has 2 aromatic heterocycles. The zero-order chi connectivity index (χ0) is 10.7. The number of ether oxygens (including phenoxy) is 1. The lowest BCUT2D eigenvalue weighted by Crippen LogP contribution is -2.04. The second-order valence-corrected chi connectivity index (χ2v) is 2.85. The van der Waals surface area contributed by atoms with Crippen LogP contribution in [0.15, 0.2) is 36.8 Å². The molecular formula is C10H9N3O2. The molecule has 15 heavy (non-hydrogen) atoms. The zero-order valence-electron chi connectivity index (χ0n) is 8.12. The summed E-state index contributed by atoms with van der Waals surface area (Å²) in [5.41, 5.74) is 0.424. The molecule has 0 N–H and O–H groups in total. The van der Waals surface area contributed by atoms with Crippen molar-refractivity contribution in [2.75, 3.05) is 7.11 Å². The third kappa shape index (κ3) is 1.85. The largest absolute Gasteiger partial charge is 0.465 e. The van der Waals surface area contributed by atoms with Crippen LogP contribution in [0.5, 0.6) is 0 Å². The third-order valence-corrected chi connectivity index (χ3v) is 1.91. The molecule has 0 aliphatic carbocycles. The fourth-order valence-corrected chi connectivity index (χ4v) is 1.16. The van der Waals surface area contributed by atoms with Crippen LogP contribution in [0.25, 0.3) is 5.82 Å². The molecule has 0 saturated heterocycles. The van der Waals surface area contributed by atoms with Gasteiger partial charge < -0.3 is 4.74 Å². The molecule has 0 radical (unpaired) electrons. The Hall–Kier alpha value is -2.17. The van der Waals surface area contributed by atoms with E-state index in [1.54, 1.807) is 35.3 Å². The Bertz CT molecular complexity index is 448. The van der Waals surface area contributed by atoms with Crippen molar-refractivity contribution >= 4 is 5.97 Å². The summed E-state index contributed by atoms with van der Waals surface area (Å²) in [6.45, 7) is 0. The van der Waals surface area contributed by atoms with E-state index < -0.39 is 5.97 Å². The summed E-state index contributed by atoms with van der Waals surface area (Å²) in [5, 5.41) is 4.02. The van der Waals surface area contributed by atoms with Gasteiger partial charge in [0.15, 0.2) is 5.82 Å². The number of rotatable bonds is 2. The number of methoxy groups -OCH3 is 1. The molecule has 0 spiro atoms. The highest BCUT2D eigenvalue weighted by Crippen LogP contribution is 2.05. The topological polar surface area (TPSA) is 57.0 Å². The molecule has 0 unspecified atom stereocenters. The van der Waals surface area contributed by atoms with Gasteiger partial charge in [-0.3, -0.25) is 0 Å². The molecule has 0 saturated carbocycles. The van der Waals surface area contributed by atoms with Crippen molar-refractivity contribution in [2.45, 2.75) is 0 Å². The van der Waals surface area contributed by atoms with Crippen LogP contribution in [0.2, 0.25) is 0 Å². The minimum atomic E-state index is -0.394. The molecule has 0 aliphatic heterocycles. The van der Waals surface area contributed by atoms with E-state index in [0.717, 1.165) is 0 Å². The van der Waals surface area contributed by atoms with E-state index in [4.69, 9.17) is 0 Å². The number of hydrogen-bond donors (Lipinski definition) is 0. The lowest BCUT2D eigenvalue weighted by Gasteiger charge is -2.01. The van der Waals surface area contributed by atoms with Crippen LogP contribution in [0.4, 0.5) is 0 Å². The lowest BCUT2D eigenvalue weighted by atomic mass is 10.3. The van der Waals surface area contributed by atoms with E-state index >= 15 is 0 Å². The van der Waals surface area contributed by atoms with Crippen molar-refractivity contribution in [1.82, 2.24) is 14.8 Å². The number of nitrogens with zero attached hydrogens (tertiary/aromatic N) is 3. The number of esters is 1. The summed E-state index contributed by atoms with van der Waals surface area (Å²) in [4.78, 5) is 15.2. The summed E-state index contributed by atoms with van der Waals surface area (Å²) >= 11 is 0. The molecule has 0 aliphatic rings. The fraction of sp³-hybridized carbons (Fsp3) is 0.100. The van der Waals surface area contributed by atoms with Crippen LogP contribution in [0, 0.1) is 0 Å². The molecule has 0 aromatic carbocycles. The minimum Gasteiger partial charge on any atom is -0.465 e. The van der Waals surface area contributed by atoms with E-state index in [1.807, 2.05) is 0 Å². The first-order valence-electron chi connectivity index (χ1n) is 4.35. The summed E-state index contributed by atoms with van der Waals surface area (Å²) in [7, 11) is 1.34. The van der Waals surface area contributed by atoms with Crippen molar-refractivity contribution in [3.8, 4) is 5.82 Å². The second-order valence-electron chi connectivity index (χ2n) is 2.85. The first-order valence-corrected chi connectivity index (χ1v) is 4.35. The van der Waals surface area contributed by atoms with Crippen molar-refractivity contribution < 1.29 is 9.53 Å². The molecule has 5 nitrogen and oxygen atoms in total. The fourth-order valence-electron chi connectivity index (χ4n) is 1.16. The summed E-state index contributed by atoms with van der Waals surface area (Å²) < 4.78 is 6.18. The van der Waals surface area contributed by atoms with Crippen LogP contribution in [-0.4, -0.2) is 27.8 Å². The minimum absolute atomic E-state index is 0.394. The van der Waals surface area contributed by atoms with Crippen molar-refractivity contribution in [2.24, 2.45) is 0 Å². The highest BCUT2D eigenvalue weighted by Gasteiger charge is 2.05. The predicted molar refractivity (Wildman–Crippen MR) is 52.7 cm³/mol. The normalized spacial score (nSPS) is 9.93. The molecule has 0 bridgehead atoms.